The van der Waals surface area contributed by atoms with Gasteiger partial charge in [-0.2, -0.15) is 0 Å². The number of piperidine rings is 2. The molecule has 0 bridgehead atoms. The molecule has 28 heavy (non-hydrogen) atoms. The summed E-state index contributed by atoms with van der Waals surface area (Å²) in [5, 5.41) is 2.88. The Morgan fingerprint density at radius 3 is 2.64 bits per heavy atom. The fourth-order valence-electron chi connectivity index (χ4n) is 4.05. The zero-order chi connectivity index (χ0) is 20.1. The van der Waals surface area contributed by atoms with Gasteiger partial charge in [-0.25, -0.2) is 17.1 Å². The molecule has 1 aromatic carbocycles. The summed E-state index contributed by atoms with van der Waals surface area (Å²) in [4.78, 5) is 15.0. The normalized spacial score (nSPS) is 21.5. The monoisotopic (exact) mass is 411 g/mol. The number of carbonyl (C=O) groups is 1. The van der Waals surface area contributed by atoms with E-state index in [0.29, 0.717) is 31.5 Å². The maximum atomic E-state index is 13.9. The number of halogens is 1. The molecule has 0 aliphatic carbocycles. The molecule has 0 saturated carbocycles. The Kier molecular flexibility index (Phi) is 6.93. The summed E-state index contributed by atoms with van der Waals surface area (Å²) >= 11 is 0. The van der Waals surface area contributed by atoms with Crippen LogP contribution in [0.2, 0.25) is 0 Å². The highest BCUT2D eigenvalue weighted by Crippen LogP contribution is 2.30. The lowest BCUT2D eigenvalue weighted by atomic mass is 9.98. The van der Waals surface area contributed by atoms with E-state index in [2.05, 4.69) is 10.2 Å². The lowest BCUT2D eigenvalue weighted by Gasteiger charge is -2.33. The van der Waals surface area contributed by atoms with Crippen molar-refractivity contribution in [3.05, 3.63) is 24.0 Å². The van der Waals surface area contributed by atoms with Gasteiger partial charge in [0.05, 0.1) is 23.0 Å². The Labute approximate surface area is 167 Å². The SMILES string of the molecule is CCCS(=O)(=O)N1CCCC(C(=O)Nc2cc(F)ccc2N2CCCCC2)C1. The molecule has 2 aliphatic heterocycles. The van der Waals surface area contributed by atoms with Gasteiger partial charge in [0.15, 0.2) is 0 Å². The highest BCUT2D eigenvalue weighted by molar-refractivity contribution is 7.89. The summed E-state index contributed by atoms with van der Waals surface area (Å²) in [6.07, 6.45) is 5.19. The van der Waals surface area contributed by atoms with Gasteiger partial charge in [0, 0.05) is 26.2 Å². The minimum Gasteiger partial charge on any atom is -0.370 e. The van der Waals surface area contributed by atoms with Crippen molar-refractivity contribution >= 4 is 27.3 Å². The fourth-order valence-corrected chi connectivity index (χ4v) is 5.64. The van der Waals surface area contributed by atoms with Gasteiger partial charge in [-0.15, -0.1) is 0 Å². The molecule has 1 amide bonds. The highest BCUT2D eigenvalue weighted by atomic mass is 32.2. The quantitative estimate of drug-likeness (QED) is 0.780. The van der Waals surface area contributed by atoms with Crippen LogP contribution in [-0.4, -0.2) is 50.6 Å². The van der Waals surface area contributed by atoms with E-state index >= 15 is 0 Å². The number of amides is 1. The van der Waals surface area contributed by atoms with Crippen LogP contribution >= 0.6 is 0 Å². The van der Waals surface area contributed by atoms with Crippen LogP contribution in [0.15, 0.2) is 18.2 Å². The van der Waals surface area contributed by atoms with Gasteiger partial charge >= 0.3 is 0 Å². The lowest BCUT2D eigenvalue weighted by molar-refractivity contribution is -0.120. The predicted octanol–water partition coefficient (Wildman–Crippen LogP) is 3.21. The van der Waals surface area contributed by atoms with Crippen LogP contribution in [0, 0.1) is 11.7 Å². The summed E-state index contributed by atoms with van der Waals surface area (Å²) in [6, 6.07) is 4.49. The predicted molar refractivity (Wildman–Crippen MR) is 109 cm³/mol. The molecule has 1 atom stereocenters. The van der Waals surface area contributed by atoms with Crippen LogP contribution in [0.25, 0.3) is 0 Å². The first kappa shape index (κ1) is 21.0. The average molecular weight is 412 g/mol. The van der Waals surface area contributed by atoms with Crippen LogP contribution in [0.4, 0.5) is 15.8 Å². The van der Waals surface area contributed by atoms with Gasteiger partial charge in [0.2, 0.25) is 15.9 Å². The third-order valence-electron chi connectivity index (χ3n) is 5.52. The largest absolute Gasteiger partial charge is 0.370 e. The van der Waals surface area contributed by atoms with Gasteiger partial charge in [-0.05, 0) is 56.7 Å². The molecular formula is C20H30FN3O3S. The Bertz CT molecular complexity index is 794. The first-order valence-electron chi connectivity index (χ1n) is 10.2. The van der Waals surface area contributed by atoms with Crippen molar-refractivity contribution in [3.8, 4) is 0 Å². The van der Waals surface area contributed by atoms with E-state index in [-0.39, 0.29) is 18.2 Å². The van der Waals surface area contributed by atoms with E-state index in [1.165, 1.54) is 22.9 Å². The molecule has 0 spiro atoms. The van der Waals surface area contributed by atoms with Gasteiger partial charge in [0.25, 0.3) is 0 Å². The Balaban J connectivity index is 1.73. The van der Waals surface area contributed by atoms with E-state index in [1.54, 1.807) is 6.07 Å². The number of hydrogen-bond donors (Lipinski definition) is 1. The summed E-state index contributed by atoms with van der Waals surface area (Å²) < 4.78 is 40.0. The maximum Gasteiger partial charge on any atom is 0.228 e. The highest BCUT2D eigenvalue weighted by Gasteiger charge is 2.32. The van der Waals surface area contributed by atoms with Gasteiger partial charge in [0.1, 0.15) is 5.82 Å². The number of rotatable bonds is 6. The van der Waals surface area contributed by atoms with Crippen molar-refractivity contribution in [1.82, 2.24) is 4.31 Å². The smallest absolute Gasteiger partial charge is 0.228 e. The molecule has 0 aromatic heterocycles. The van der Waals surface area contributed by atoms with Crippen LogP contribution < -0.4 is 10.2 Å². The van der Waals surface area contributed by atoms with E-state index in [0.717, 1.165) is 31.6 Å². The molecular weight excluding hydrogens is 381 g/mol. The molecule has 6 nitrogen and oxygen atoms in total. The summed E-state index contributed by atoms with van der Waals surface area (Å²) in [7, 11) is -3.32. The summed E-state index contributed by atoms with van der Waals surface area (Å²) in [6.45, 7) is 4.27. The molecule has 2 aliphatic rings. The summed E-state index contributed by atoms with van der Waals surface area (Å²) in [5.41, 5.74) is 1.31. The fraction of sp³-hybridized carbons (Fsp3) is 0.650. The van der Waals surface area contributed by atoms with Crippen molar-refractivity contribution in [2.24, 2.45) is 5.92 Å². The molecule has 2 saturated heterocycles. The maximum absolute atomic E-state index is 13.9. The molecule has 1 unspecified atom stereocenters. The Hall–Kier alpha value is -1.67. The lowest BCUT2D eigenvalue weighted by Crippen LogP contribution is -2.44. The van der Waals surface area contributed by atoms with E-state index in [1.807, 2.05) is 6.92 Å². The molecule has 2 heterocycles. The number of carbonyl (C=O) groups excluding carboxylic acids is 1. The first-order chi connectivity index (χ1) is 13.4. The topological polar surface area (TPSA) is 69.7 Å². The van der Waals surface area contributed by atoms with Crippen LogP contribution in [0.5, 0.6) is 0 Å². The molecule has 3 rings (SSSR count). The second kappa shape index (κ2) is 9.22. The number of nitrogens with zero attached hydrogens (tertiary/aromatic N) is 2. The van der Waals surface area contributed by atoms with Crippen LogP contribution in [-0.2, 0) is 14.8 Å². The minimum absolute atomic E-state index is 0.102. The van der Waals surface area contributed by atoms with Crippen molar-refractivity contribution < 1.29 is 17.6 Å². The third kappa shape index (κ3) is 5.03. The molecule has 1 N–H and O–H groups in total. The van der Waals surface area contributed by atoms with E-state index < -0.39 is 21.8 Å². The zero-order valence-electron chi connectivity index (χ0n) is 16.5. The molecule has 0 radical (unpaired) electrons. The second-order valence-electron chi connectivity index (χ2n) is 7.71. The van der Waals surface area contributed by atoms with Crippen molar-refractivity contribution in [2.75, 3.05) is 42.1 Å². The standard InChI is InChI=1S/C20H30FN3O3S/c1-2-13-28(26,27)24-12-6-7-16(15-24)20(25)22-18-14-17(21)8-9-19(18)23-10-4-3-5-11-23/h8-9,14,16H,2-7,10-13,15H2,1H3,(H,22,25). The number of hydrogen-bond acceptors (Lipinski definition) is 4. The van der Waals surface area contributed by atoms with Crippen LogP contribution in [0.1, 0.15) is 45.4 Å². The van der Waals surface area contributed by atoms with Crippen molar-refractivity contribution in [2.45, 2.75) is 45.4 Å². The van der Waals surface area contributed by atoms with E-state index in [4.69, 9.17) is 0 Å². The molecule has 2 fully saturated rings. The van der Waals surface area contributed by atoms with Gasteiger partial charge < -0.3 is 10.2 Å². The Morgan fingerprint density at radius 2 is 1.93 bits per heavy atom. The minimum atomic E-state index is -3.32. The first-order valence-corrected chi connectivity index (χ1v) is 11.8. The number of sulfonamides is 1. The molecule has 1 aromatic rings. The molecule has 156 valence electrons. The van der Waals surface area contributed by atoms with Gasteiger partial charge in [-0.1, -0.05) is 6.92 Å². The number of nitrogens with one attached hydrogen (secondary N) is 1. The average Bonchev–Trinajstić information content (AvgIpc) is 2.69. The number of anilines is 2. The van der Waals surface area contributed by atoms with Crippen molar-refractivity contribution in [1.29, 1.82) is 0 Å². The third-order valence-corrected chi connectivity index (χ3v) is 7.57. The number of benzene rings is 1. The summed E-state index contributed by atoms with van der Waals surface area (Å²) in [5.74, 6) is -0.949. The van der Waals surface area contributed by atoms with Crippen LogP contribution in [0.3, 0.4) is 0 Å². The molecule has 8 heteroatoms. The Morgan fingerprint density at radius 1 is 1.18 bits per heavy atom. The van der Waals surface area contributed by atoms with Crippen molar-refractivity contribution in [3.63, 3.8) is 0 Å². The van der Waals surface area contributed by atoms with E-state index in [9.17, 15) is 17.6 Å². The zero-order valence-corrected chi connectivity index (χ0v) is 17.3. The second-order valence-corrected chi connectivity index (χ2v) is 9.80. The van der Waals surface area contributed by atoms with Gasteiger partial charge in [-0.3, -0.25) is 4.79 Å².